The number of aliphatic hydroxyl groups is 1. The van der Waals surface area contributed by atoms with E-state index in [1.165, 1.54) is 11.1 Å². The summed E-state index contributed by atoms with van der Waals surface area (Å²) in [5.74, 6) is 1.06. The van der Waals surface area contributed by atoms with Crippen LogP contribution in [0.2, 0.25) is 0 Å². The predicted molar refractivity (Wildman–Crippen MR) is 122 cm³/mol. The lowest BCUT2D eigenvalue weighted by molar-refractivity contribution is 0.0672. The summed E-state index contributed by atoms with van der Waals surface area (Å²) in [5.41, 5.74) is 2.27. The summed E-state index contributed by atoms with van der Waals surface area (Å²) in [6.45, 7) is 9.87. The Hall–Kier alpha value is -1.61. The van der Waals surface area contributed by atoms with Crippen LogP contribution in [0.1, 0.15) is 43.4 Å². The number of hydrogen-bond acceptors (Lipinski definition) is 3. The van der Waals surface area contributed by atoms with Crippen molar-refractivity contribution in [2.75, 3.05) is 19.6 Å². The number of aryl methyl sites for hydroxylation is 2. The van der Waals surface area contributed by atoms with Crippen LogP contribution in [0.15, 0.2) is 41.7 Å². The third-order valence-corrected chi connectivity index (χ3v) is 4.40. The van der Waals surface area contributed by atoms with Gasteiger partial charge in [-0.25, -0.2) is 4.99 Å². The number of halogens is 1. The number of nitrogens with one attached hydrogen (secondary N) is 2. The Kier molecular flexibility index (Phi) is 9.25. The molecule has 150 valence electrons. The second kappa shape index (κ2) is 10.7. The lowest BCUT2D eigenvalue weighted by Gasteiger charge is -2.21. The van der Waals surface area contributed by atoms with E-state index in [-0.39, 0.29) is 30.5 Å². The molecule has 6 nitrogen and oxygen atoms in total. The molecule has 2 aromatic rings. The zero-order valence-electron chi connectivity index (χ0n) is 16.9. The van der Waals surface area contributed by atoms with Crippen LogP contribution in [0.5, 0.6) is 0 Å². The highest BCUT2D eigenvalue weighted by Gasteiger charge is 2.24. The van der Waals surface area contributed by atoms with Gasteiger partial charge in [0.25, 0.3) is 0 Å². The molecule has 0 radical (unpaired) electrons. The molecule has 3 N–H and O–H groups in total. The fraction of sp³-hybridized carbons (Fsp3) is 0.500. The number of nitrogens with zero attached hydrogens (tertiary/aromatic N) is 3. The van der Waals surface area contributed by atoms with Crippen molar-refractivity contribution in [1.82, 2.24) is 20.4 Å². The minimum Gasteiger partial charge on any atom is -0.383 e. The van der Waals surface area contributed by atoms with Gasteiger partial charge in [0.2, 0.25) is 0 Å². The van der Waals surface area contributed by atoms with Gasteiger partial charge in [0.05, 0.1) is 12.7 Å². The molecule has 1 aromatic carbocycles. The van der Waals surface area contributed by atoms with E-state index < -0.39 is 5.60 Å². The van der Waals surface area contributed by atoms with E-state index in [0.29, 0.717) is 11.9 Å². The van der Waals surface area contributed by atoms with Gasteiger partial charge in [0.15, 0.2) is 5.96 Å². The van der Waals surface area contributed by atoms with Gasteiger partial charge in [0, 0.05) is 31.9 Å². The minimum atomic E-state index is -1.06. The van der Waals surface area contributed by atoms with Gasteiger partial charge in [-0.1, -0.05) is 36.8 Å². The Morgan fingerprint density at radius 3 is 2.70 bits per heavy atom. The van der Waals surface area contributed by atoms with Gasteiger partial charge in [-0.3, -0.25) is 4.68 Å². The molecular formula is C20H32IN5O. The second-order valence-corrected chi connectivity index (χ2v) is 7.07. The molecule has 0 saturated carbocycles. The summed E-state index contributed by atoms with van der Waals surface area (Å²) < 4.78 is 1.68. The zero-order chi connectivity index (χ0) is 19.2. The van der Waals surface area contributed by atoms with Gasteiger partial charge >= 0.3 is 0 Å². The number of rotatable bonds is 7. The van der Waals surface area contributed by atoms with Crippen LogP contribution in [0, 0.1) is 6.92 Å². The molecule has 0 spiro atoms. The van der Waals surface area contributed by atoms with Crippen LogP contribution >= 0.6 is 24.0 Å². The van der Waals surface area contributed by atoms with Gasteiger partial charge < -0.3 is 15.7 Å². The van der Waals surface area contributed by atoms with Crippen LogP contribution in [-0.2, 0) is 12.6 Å². The number of benzene rings is 1. The molecule has 0 bridgehead atoms. The Balaban J connectivity index is 0.00000364. The molecule has 1 heterocycles. The summed E-state index contributed by atoms with van der Waals surface area (Å²) >= 11 is 0. The monoisotopic (exact) mass is 485 g/mol. The summed E-state index contributed by atoms with van der Waals surface area (Å²) in [6, 6.07) is 8.56. The molecule has 0 amide bonds. The highest BCUT2D eigenvalue weighted by atomic mass is 127. The van der Waals surface area contributed by atoms with Gasteiger partial charge in [-0.15, -0.1) is 24.0 Å². The lowest BCUT2D eigenvalue weighted by Crippen LogP contribution is -2.40. The smallest absolute Gasteiger partial charge is 0.191 e. The van der Waals surface area contributed by atoms with Crippen LogP contribution in [0.3, 0.4) is 0 Å². The first-order chi connectivity index (χ1) is 12.3. The molecule has 2 unspecified atom stereocenters. The van der Waals surface area contributed by atoms with Crippen molar-refractivity contribution in [2.24, 2.45) is 12.0 Å². The maximum absolute atomic E-state index is 10.7. The summed E-state index contributed by atoms with van der Waals surface area (Å²) in [7, 11) is 1.83. The third kappa shape index (κ3) is 7.14. The van der Waals surface area contributed by atoms with Crippen molar-refractivity contribution in [3.63, 3.8) is 0 Å². The normalized spacial score (nSPS) is 14.8. The zero-order valence-corrected chi connectivity index (χ0v) is 19.2. The standard InChI is InChI=1S/C20H31N5O.HI/c1-6-21-19(22-11-16(3)17-9-7-8-15(2)10-17)23-14-20(4,26)18-12-24-25(5)13-18;/h7-10,12-13,16,26H,6,11,14H2,1-5H3,(H2,21,22,23);1H. The number of aliphatic imine (C=N–C) groups is 1. The average Bonchev–Trinajstić information content (AvgIpc) is 3.04. The van der Waals surface area contributed by atoms with Crippen LogP contribution < -0.4 is 10.6 Å². The molecule has 1 aromatic heterocycles. The molecule has 0 aliphatic heterocycles. The molecule has 7 heteroatoms. The molecule has 2 atom stereocenters. The van der Waals surface area contributed by atoms with Crippen molar-refractivity contribution >= 4 is 29.9 Å². The quantitative estimate of drug-likeness (QED) is 0.321. The van der Waals surface area contributed by atoms with E-state index in [4.69, 9.17) is 0 Å². The SMILES string of the molecule is CCNC(=NCC(C)(O)c1cnn(C)c1)NCC(C)c1cccc(C)c1.I. The molecule has 0 saturated heterocycles. The number of guanidine groups is 1. The topological polar surface area (TPSA) is 74.5 Å². The molecule has 0 aliphatic rings. The highest BCUT2D eigenvalue weighted by Crippen LogP contribution is 2.20. The molecule has 0 aliphatic carbocycles. The Labute approximate surface area is 179 Å². The fourth-order valence-corrected chi connectivity index (χ4v) is 2.71. The summed E-state index contributed by atoms with van der Waals surface area (Å²) in [6.07, 6.45) is 3.49. The predicted octanol–water partition coefficient (Wildman–Crippen LogP) is 2.91. The van der Waals surface area contributed by atoms with Crippen LogP contribution in [0.4, 0.5) is 0 Å². The maximum atomic E-state index is 10.7. The van der Waals surface area contributed by atoms with E-state index >= 15 is 0 Å². The number of aromatic nitrogens is 2. The van der Waals surface area contributed by atoms with Crippen molar-refractivity contribution in [3.05, 3.63) is 53.3 Å². The molecule has 27 heavy (non-hydrogen) atoms. The van der Waals surface area contributed by atoms with E-state index in [1.807, 2.05) is 20.2 Å². The summed E-state index contributed by atoms with van der Waals surface area (Å²) in [4.78, 5) is 4.56. The maximum Gasteiger partial charge on any atom is 0.191 e. The van der Waals surface area contributed by atoms with Gasteiger partial charge in [-0.2, -0.15) is 5.10 Å². The van der Waals surface area contributed by atoms with E-state index in [9.17, 15) is 5.11 Å². The highest BCUT2D eigenvalue weighted by molar-refractivity contribution is 14.0. The first-order valence-corrected chi connectivity index (χ1v) is 9.12. The first kappa shape index (κ1) is 23.4. The van der Waals surface area contributed by atoms with E-state index in [2.05, 4.69) is 58.8 Å². The molecule has 2 rings (SSSR count). The van der Waals surface area contributed by atoms with Gasteiger partial charge in [-0.05, 0) is 32.3 Å². The Morgan fingerprint density at radius 1 is 1.37 bits per heavy atom. The average molecular weight is 485 g/mol. The van der Waals surface area contributed by atoms with Crippen molar-refractivity contribution < 1.29 is 5.11 Å². The van der Waals surface area contributed by atoms with Crippen molar-refractivity contribution in [3.8, 4) is 0 Å². The van der Waals surface area contributed by atoms with Crippen LogP contribution in [0.25, 0.3) is 0 Å². The second-order valence-electron chi connectivity index (χ2n) is 7.07. The first-order valence-electron chi connectivity index (χ1n) is 9.12. The van der Waals surface area contributed by atoms with Crippen LogP contribution in [-0.4, -0.2) is 40.5 Å². The largest absolute Gasteiger partial charge is 0.383 e. The third-order valence-electron chi connectivity index (χ3n) is 4.40. The minimum absolute atomic E-state index is 0. The molecule has 0 fully saturated rings. The lowest BCUT2D eigenvalue weighted by atomic mass is 9.99. The Morgan fingerprint density at radius 2 is 2.11 bits per heavy atom. The van der Waals surface area contributed by atoms with Gasteiger partial charge in [0.1, 0.15) is 5.60 Å². The van der Waals surface area contributed by atoms with Crippen molar-refractivity contribution in [1.29, 1.82) is 0 Å². The fourth-order valence-electron chi connectivity index (χ4n) is 2.71. The van der Waals surface area contributed by atoms with E-state index in [1.54, 1.807) is 17.8 Å². The van der Waals surface area contributed by atoms with E-state index in [0.717, 1.165) is 18.7 Å². The van der Waals surface area contributed by atoms with Crippen molar-refractivity contribution in [2.45, 2.75) is 39.2 Å². The Bertz CT molecular complexity index is 741. The summed E-state index contributed by atoms with van der Waals surface area (Å²) in [5, 5.41) is 21.4. The number of hydrogen-bond donors (Lipinski definition) is 3. The molecular weight excluding hydrogens is 453 g/mol.